The van der Waals surface area contributed by atoms with Gasteiger partial charge in [0.1, 0.15) is 18.5 Å². The van der Waals surface area contributed by atoms with Gasteiger partial charge in [-0.05, 0) is 31.0 Å². The highest BCUT2D eigenvalue weighted by Crippen LogP contribution is 2.19. The van der Waals surface area contributed by atoms with E-state index in [9.17, 15) is 9.90 Å². The number of nitrogens with one attached hydrogen (secondary N) is 2. The van der Waals surface area contributed by atoms with Gasteiger partial charge in [0.2, 0.25) is 5.91 Å². The van der Waals surface area contributed by atoms with E-state index in [1.165, 1.54) is 0 Å². The van der Waals surface area contributed by atoms with Crippen molar-refractivity contribution in [3.63, 3.8) is 0 Å². The quantitative estimate of drug-likeness (QED) is 0.667. The Labute approximate surface area is 114 Å². The Bertz CT molecular complexity index is 421. The van der Waals surface area contributed by atoms with Gasteiger partial charge in [-0.3, -0.25) is 4.79 Å². The van der Waals surface area contributed by atoms with Crippen LogP contribution in [-0.2, 0) is 4.79 Å². The zero-order chi connectivity index (χ0) is 14.3. The van der Waals surface area contributed by atoms with E-state index in [4.69, 9.17) is 4.74 Å². The molecular formula is C14H22N2O3. The molecule has 0 radical (unpaired) electrons. The summed E-state index contributed by atoms with van der Waals surface area (Å²) < 4.78 is 5.57. The van der Waals surface area contributed by atoms with Crippen LogP contribution in [0, 0.1) is 13.8 Å². The number of aliphatic hydroxyl groups is 1. The maximum atomic E-state index is 11.0. The second-order valence-electron chi connectivity index (χ2n) is 4.54. The predicted molar refractivity (Wildman–Crippen MR) is 74.4 cm³/mol. The summed E-state index contributed by atoms with van der Waals surface area (Å²) >= 11 is 0. The van der Waals surface area contributed by atoms with Crippen molar-refractivity contribution in [3.8, 4) is 5.75 Å². The third-order valence-corrected chi connectivity index (χ3v) is 2.72. The zero-order valence-corrected chi connectivity index (χ0v) is 11.7. The molecule has 19 heavy (non-hydrogen) atoms. The van der Waals surface area contributed by atoms with Crippen molar-refractivity contribution >= 4 is 5.91 Å². The second-order valence-corrected chi connectivity index (χ2v) is 4.54. The molecule has 106 valence electrons. The van der Waals surface area contributed by atoms with E-state index in [1.807, 2.05) is 32.0 Å². The molecule has 0 spiro atoms. The fraction of sp³-hybridized carbons (Fsp3) is 0.500. The number of carbonyl (C=O) groups excluding carboxylic acids is 1. The van der Waals surface area contributed by atoms with Gasteiger partial charge in [0, 0.05) is 13.6 Å². The lowest BCUT2D eigenvalue weighted by molar-refractivity contribution is -0.119. The summed E-state index contributed by atoms with van der Waals surface area (Å²) in [6.07, 6.45) is -0.649. The van der Waals surface area contributed by atoms with Gasteiger partial charge in [-0.2, -0.15) is 0 Å². The number of likely N-dealkylation sites (N-methyl/N-ethyl adjacent to an activating group) is 1. The number of amides is 1. The SMILES string of the molecule is CNC(=O)CNCC(O)COc1cc(C)ccc1C. The Morgan fingerprint density at radius 1 is 1.42 bits per heavy atom. The van der Waals surface area contributed by atoms with Crippen LogP contribution in [0.5, 0.6) is 5.75 Å². The van der Waals surface area contributed by atoms with E-state index >= 15 is 0 Å². The summed E-state index contributed by atoms with van der Waals surface area (Å²) in [7, 11) is 1.57. The van der Waals surface area contributed by atoms with Crippen molar-refractivity contribution in [2.75, 3.05) is 26.7 Å². The smallest absolute Gasteiger partial charge is 0.233 e. The molecule has 0 aliphatic heterocycles. The van der Waals surface area contributed by atoms with E-state index < -0.39 is 6.10 Å². The molecule has 1 amide bonds. The maximum Gasteiger partial charge on any atom is 0.233 e. The number of benzene rings is 1. The summed E-state index contributed by atoms with van der Waals surface area (Å²) in [5.41, 5.74) is 2.16. The molecule has 5 heteroatoms. The van der Waals surface area contributed by atoms with E-state index in [0.717, 1.165) is 16.9 Å². The molecule has 0 aliphatic carbocycles. The lowest BCUT2D eigenvalue weighted by Crippen LogP contribution is -2.37. The summed E-state index contributed by atoms with van der Waals surface area (Å²) in [6, 6.07) is 5.95. The molecule has 1 unspecified atom stereocenters. The topological polar surface area (TPSA) is 70.6 Å². The molecule has 1 rings (SSSR count). The number of ether oxygens (including phenoxy) is 1. The van der Waals surface area contributed by atoms with Crippen LogP contribution >= 0.6 is 0 Å². The molecule has 0 fully saturated rings. The first kappa shape index (κ1) is 15.5. The number of hydrogen-bond donors (Lipinski definition) is 3. The number of hydrogen-bond acceptors (Lipinski definition) is 4. The Balaban J connectivity index is 2.31. The number of rotatable bonds is 7. The Kier molecular flexibility index (Phi) is 6.32. The Morgan fingerprint density at radius 2 is 2.16 bits per heavy atom. The zero-order valence-electron chi connectivity index (χ0n) is 11.7. The molecule has 1 atom stereocenters. The van der Waals surface area contributed by atoms with Gasteiger partial charge in [0.05, 0.1) is 6.54 Å². The van der Waals surface area contributed by atoms with Crippen molar-refractivity contribution in [1.82, 2.24) is 10.6 Å². The molecule has 1 aromatic rings. The second kappa shape index (κ2) is 7.76. The molecule has 0 heterocycles. The van der Waals surface area contributed by atoms with E-state index in [-0.39, 0.29) is 19.1 Å². The van der Waals surface area contributed by atoms with Crippen LogP contribution in [0.4, 0.5) is 0 Å². The van der Waals surface area contributed by atoms with Crippen LogP contribution in [0.1, 0.15) is 11.1 Å². The van der Waals surface area contributed by atoms with Crippen molar-refractivity contribution in [3.05, 3.63) is 29.3 Å². The summed E-state index contributed by atoms with van der Waals surface area (Å²) in [5, 5.41) is 15.1. The highest BCUT2D eigenvalue weighted by atomic mass is 16.5. The molecule has 0 aromatic heterocycles. The van der Waals surface area contributed by atoms with Gasteiger partial charge in [-0.15, -0.1) is 0 Å². The fourth-order valence-corrected chi connectivity index (χ4v) is 1.55. The monoisotopic (exact) mass is 266 g/mol. The van der Waals surface area contributed by atoms with Gasteiger partial charge in [0.25, 0.3) is 0 Å². The van der Waals surface area contributed by atoms with Crippen LogP contribution in [0.2, 0.25) is 0 Å². The van der Waals surface area contributed by atoms with Crippen molar-refractivity contribution in [2.24, 2.45) is 0 Å². The van der Waals surface area contributed by atoms with Crippen LogP contribution in [0.3, 0.4) is 0 Å². The largest absolute Gasteiger partial charge is 0.491 e. The van der Waals surface area contributed by atoms with Crippen molar-refractivity contribution in [1.29, 1.82) is 0 Å². The van der Waals surface area contributed by atoms with E-state index in [0.29, 0.717) is 6.54 Å². The first-order valence-corrected chi connectivity index (χ1v) is 6.32. The molecule has 0 aliphatic rings. The number of carbonyl (C=O) groups is 1. The molecule has 1 aromatic carbocycles. The number of aryl methyl sites for hydroxylation is 2. The highest BCUT2D eigenvalue weighted by Gasteiger charge is 2.07. The third kappa shape index (κ3) is 5.72. The lowest BCUT2D eigenvalue weighted by Gasteiger charge is -2.14. The first-order chi connectivity index (χ1) is 9.02. The fourth-order valence-electron chi connectivity index (χ4n) is 1.55. The predicted octanol–water partition coefficient (Wildman–Crippen LogP) is 0.379. The number of aliphatic hydroxyl groups excluding tert-OH is 1. The van der Waals surface area contributed by atoms with Gasteiger partial charge >= 0.3 is 0 Å². The Hall–Kier alpha value is -1.59. The standard InChI is InChI=1S/C14H22N2O3/c1-10-4-5-11(2)13(6-10)19-9-12(17)7-16-8-14(18)15-3/h4-6,12,16-17H,7-9H2,1-3H3,(H,15,18). The van der Waals surface area contributed by atoms with E-state index in [1.54, 1.807) is 7.05 Å². The van der Waals surface area contributed by atoms with Crippen LogP contribution < -0.4 is 15.4 Å². The van der Waals surface area contributed by atoms with Gasteiger partial charge in [-0.1, -0.05) is 12.1 Å². The van der Waals surface area contributed by atoms with Crippen molar-refractivity contribution in [2.45, 2.75) is 20.0 Å². The normalized spacial score (nSPS) is 12.0. The molecule has 3 N–H and O–H groups in total. The summed E-state index contributed by atoms with van der Waals surface area (Å²) in [6.45, 7) is 4.67. The highest BCUT2D eigenvalue weighted by molar-refractivity contribution is 5.77. The maximum absolute atomic E-state index is 11.0. The minimum Gasteiger partial charge on any atom is -0.491 e. The summed E-state index contributed by atoms with van der Waals surface area (Å²) in [5.74, 6) is 0.674. The average molecular weight is 266 g/mol. The van der Waals surface area contributed by atoms with Crippen LogP contribution in [-0.4, -0.2) is 43.9 Å². The summed E-state index contributed by atoms with van der Waals surface area (Å²) in [4.78, 5) is 11.0. The molecule has 0 saturated carbocycles. The van der Waals surface area contributed by atoms with Crippen molar-refractivity contribution < 1.29 is 14.6 Å². The Morgan fingerprint density at radius 3 is 2.84 bits per heavy atom. The van der Waals surface area contributed by atoms with E-state index in [2.05, 4.69) is 10.6 Å². The molecular weight excluding hydrogens is 244 g/mol. The minimum absolute atomic E-state index is 0.109. The van der Waals surface area contributed by atoms with Crippen LogP contribution in [0.25, 0.3) is 0 Å². The molecule has 0 bridgehead atoms. The molecule has 5 nitrogen and oxygen atoms in total. The average Bonchev–Trinajstić information content (AvgIpc) is 2.39. The van der Waals surface area contributed by atoms with Gasteiger partial charge < -0.3 is 20.5 Å². The lowest BCUT2D eigenvalue weighted by atomic mass is 10.1. The minimum atomic E-state index is -0.649. The van der Waals surface area contributed by atoms with Gasteiger partial charge in [0.15, 0.2) is 0 Å². The first-order valence-electron chi connectivity index (χ1n) is 6.32. The molecule has 0 saturated heterocycles. The van der Waals surface area contributed by atoms with Gasteiger partial charge in [-0.25, -0.2) is 0 Å². The van der Waals surface area contributed by atoms with Crippen LogP contribution in [0.15, 0.2) is 18.2 Å². The third-order valence-electron chi connectivity index (χ3n) is 2.72.